The molecule has 1 saturated heterocycles. The van der Waals surface area contributed by atoms with Gasteiger partial charge in [0.1, 0.15) is 0 Å². The van der Waals surface area contributed by atoms with Crippen LogP contribution in [0.25, 0.3) is 16.8 Å². The van der Waals surface area contributed by atoms with Gasteiger partial charge in [-0.2, -0.15) is 5.10 Å². The molecular formula is C19H20N4O. The van der Waals surface area contributed by atoms with Crippen molar-refractivity contribution in [3.05, 3.63) is 54.0 Å². The number of hydrogen-bond acceptors (Lipinski definition) is 3. The molecule has 0 unspecified atom stereocenters. The van der Waals surface area contributed by atoms with Crippen LogP contribution in [0.3, 0.4) is 0 Å². The summed E-state index contributed by atoms with van der Waals surface area (Å²) in [4.78, 5) is 19.2. The summed E-state index contributed by atoms with van der Waals surface area (Å²) in [5.41, 5.74) is 4.45. The van der Waals surface area contributed by atoms with Gasteiger partial charge >= 0.3 is 0 Å². The van der Waals surface area contributed by atoms with Crippen LogP contribution in [0, 0.1) is 6.92 Å². The van der Waals surface area contributed by atoms with Crippen LogP contribution >= 0.6 is 0 Å². The molecule has 0 atom stereocenters. The summed E-state index contributed by atoms with van der Waals surface area (Å²) in [6.07, 6.45) is 7.08. The topological polar surface area (TPSA) is 50.5 Å². The van der Waals surface area contributed by atoms with Crippen LogP contribution in [0.2, 0.25) is 0 Å². The number of benzene rings is 1. The molecule has 0 aliphatic carbocycles. The van der Waals surface area contributed by atoms with Gasteiger partial charge in [-0.3, -0.25) is 4.79 Å². The fourth-order valence-corrected chi connectivity index (χ4v) is 3.42. The number of likely N-dealkylation sites (tertiary alicyclic amines) is 1. The van der Waals surface area contributed by atoms with E-state index in [1.807, 2.05) is 48.4 Å². The van der Waals surface area contributed by atoms with Crippen LogP contribution in [0.5, 0.6) is 0 Å². The number of aromatic nitrogens is 3. The van der Waals surface area contributed by atoms with Crippen molar-refractivity contribution in [3.8, 4) is 11.1 Å². The summed E-state index contributed by atoms with van der Waals surface area (Å²) in [5, 5.41) is 4.51. The zero-order valence-corrected chi connectivity index (χ0v) is 13.8. The van der Waals surface area contributed by atoms with Crippen molar-refractivity contribution in [2.75, 3.05) is 13.1 Å². The quantitative estimate of drug-likeness (QED) is 0.728. The molecule has 5 heteroatoms. The van der Waals surface area contributed by atoms with E-state index in [2.05, 4.69) is 10.1 Å². The first-order valence-electron chi connectivity index (χ1n) is 8.44. The Kier molecular flexibility index (Phi) is 3.76. The number of amides is 1. The molecule has 1 fully saturated rings. The number of hydrogen-bond donors (Lipinski definition) is 0. The fourth-order valence-electron chi connectivity index (χ4n) is 3.42. The lowest BCUT2D eigenvalue weighted by Crippen LogP contribution is -2.35. The highest BCUT2D eigenvalue weighted by molar-refractivity contribution is 5.96. The largest absolute Gasteiger partial charge is 0.339 e. The molecular weight excluding hydrogens is 300 g/mol. The minimum atomic E-state index is 0.124. The summed E-state index contributed by atoms with van der Waals surface area (Å²) < 4.78 is 1.78. The van der Waals surface area contributed by atoms with Crippen molar-refractivity contribution in [2.24, 2.45) is 0 Å². The average molecular weight is 320 g/mol. The van der Waals surface area contributed by atoms with Crippen LogP contribution in [-0.4, -0.2) is 38.5 Å². The number of fused-ring (bicyclic) bond motifs is 1. The zero-order chi connectivity index (χ0) is 16.5. The monoisotopic (exact) mass is 320 g/mol. The molecule has 24 heavy (non-hydrogen) atoms. The highest BCUT2D eigenvalue weighted by Crippen LogP contribution is 2.28. The zero-order valence-electron chi connectivity index (χ0n) is 13.8. The molecule has 3 aromatic rings. The van der Waals surface area contributed by atoms with E-state index in [0.29, 0.717) is 0 Å². The van der Waals surface area contributed by atoms with E-state index < -0.39 is 0 Å². The van der Waals surface area contributed by atoms with Gasteiger partial charge in [-0.15, -0.1) is 0 Å². The lowest BCUT2D eigenvalue weighted by molar-refractivity contribution is 0.0724. The average Bonchev–Trinajstić information content (AvgIpc) is 2.97. The van der Waals surface area contributed by atoms with Crippen molar-refractivity contribution < 1.29 is 4.79 Å². The van der Waals surface area contributed by atoms with Gasteiger partial charge in [0.05, 0.1) is 5.69 Å². The number of piperidine rings is 1. The smallest absolute Gasteiger partial charge is 0.253 e. The minimum absolute atomic E-state index is 0.124. The first kappa shape index (κ1) is 14.9. The third-order valence-corrected chi connectivity index (χ3v) is 4.61. The maximum absolute atomic E-state index is 12.8. The number of nitrogens with zero attached hydrogens (tertiary/aromatic N) is 4. The Morgan fingerprint density at radius 1 is 1.12 bits per heavy atom. The molecule has 5 nitrogen and oxygen atoms in total. The SMILES string of the molecule is Cc1nn2cccnc2c1-c1cccc(C(=O)N2CCCCC2)c1. The minimum Gasteiger partial charge on any atom is -0.339 e. The predicted molar refractivity (Wildman–Crippen MR) is 92.9 cm³/mol. The van der Waals surface area contributed by atoms with Crippen molar-refractivity contribution in [1.82, 2.24) is 19.5 Å². The Balaban J connectivity index is 1.74. The van der Waals surface area contributed by atoms with Gasteiger partial charge in [0.15, 0.2) is 5.65 Å². The third-order valence-electron chi connectivity index (χ3n) is 4.61. The second-order valence-corrected chi connectivity index (χ2v) is 6.28. The number of rotatable bonds is 2. The maximum atomic E-state index is 12.8. The molecule has 1 aliphatic heterocycles. The molecule has 1 aromatic carbocycles. The fraction of sp³-hybridized carbons (Fsp3) is 0.316. The van der Waals surface area contributed by atoms with Crippen LogP contribution in [-0.2, 0) is 0 Å². The summed E-state index contributed by atoms with van der Waals surface area (Å²) in [7, 11) is 0. The first-order chi connectivity index (χ1) is 11.7. The van der Waals surface area contributed by atoms with Gasteiger partial charge < -0.3 is 4.90 Å². The van der Waals surface area contributed by atoms with Crippen LogP contribution < -0.4 is 0 Å². The van der Waals surface area contributed by atoms with Crippen molar-refractivity contribution >= 4 is 11.6 Å². The van der Waals surface area contributed by atoms with Crippen LogP contribution in [0.15, 0.2) is 42.7 Å². The van der Waals surface area contributed by atoms with E-state index in [1.165, 1.54) is 6.42 Å². The van der Waals surface area contributed by atoms with Gasteiger partial charge in [0.25, 0.3) is 5.91 Å². The summed E-state index contributed by atoms with van der Waals surface area (Å²) in [6.45, 7) is 3.70. The number of carbonyl (C=O) groups is 1. The van der Waals surface area contributed by atoms with Crippen molar-refractivity contribution in [2.45, 2.75) is 26.2 Å². The first-order valence-corrected chi connectivity index (χ1v) is 8.44. The van der Waals surface area contributed by atoms with Gasteiger partial charge in [-0.05, 0) is 49.9 Å². The van der Waals surface area contributed by atoms with Gasteiger partial charge in [-0.1, -0.05) is 12.1 Å². The highest BCUT2D eigenvalue weighted by atomic mass is 16.2. The lowest BCUT2D eigenvalue weighted by Gasteiger charge is -2.26. The molecule has 122 valence electrons. The summed E-state index contributed by atoms with van der Waals surface area (Å²) in [6, 6.07) is 9.69. The van der Waals surface area contributed by atoms with Crippen LogP contribution in [0.1, 0.15) is 35.3 Å². The molecule has 0 radical (unpaired) electrons. The number of carbonyl (C=O) groups excluding carboxylic acids is 1. The summed E-state index contributed by atoms with van der Waals surface area (Å²) >= 11 is 0. The molecule has 2 aromatic heterocycles. The molecule has 0 N–H and O–H groups in total. The Hall–Kier alpha value is -2.69. The molecule has 3 heterocycles. The summed E-state index contributed by atoms with van der Waals surface area (Å²) in [5.74, 6) is 0.124. The second-order valence-electron chi connectivity index (χ2n) is 6.28. The normalized spacial score (nSPS) is 15.0. The lowest BCUT2D eigenvalue weighted by atomic mass is 10.0. The molecule has 4 rings (SSSR count). The second kappa shape index (κ2) is 6.07. The van der Waals surface area contributed by atoms with Crippen molar-refractivity contribution in [1.29, 1.82) is 0 Å². The van der Waals surface area contributed by atoms with E-state index in [9.17, 15) is 4.79 Å². The number of aryl methyl sites for hydroxylation is 1. The van der Waals surface area contributed by atoms with Crippen molar-refractivity contribution in [3.63, 3.8) is 0 Å². The van der Waals surface area contributed by atoms with Gasteiger partial charge in [-0.25, -0.2) is 9.50 Å². The van der Waals surface area contributed by atoms with E-state index in [0.717, 1.165) is 54.0 Å². The molecule has 0 spiro atoms. The maximum Gasteiger partial charge on any atom is 0.253 e. The molecule has 1 amide bonds. The highest BCUT2D eigenvalue weighted by Gasteiger charge is 2.19. The molecule has 1 aliphatic rings. The Morgan fingerprint density at radius 2 is 1.96 bits per heavy atom. The standard InChI is InChI=1S/C19H20N4O/c1-14-17(18-20-9-6-12-23(18)21-14)15-7-5-8-16(13-15)19(24)22-10-3-2-4-11-22/h5-9,12-13H,2-4,10-11H2,1H3. The molecule has 0 saturated carbocycles. The third kappa shape index (κ3) is 2.56. The van der Waals surface area contributed by atoms with E-state index in [4.69, 9.17) is 0 Å². The van der Waals surface area contributed by atoms with Crippen LogP contribution in [0.4, 0.5) is 0 Å². The Morgan fingerprint density at radius 3 is 2.79 bits per heavy atom. The van der Waals surface area contributed by atoms with E-state index >= 15 is 0 Å². The Bertz CT molecular complexity index is 893. The van der Waals surface area contributed by atoms with E-state index in [-0.39, 0.29) is 5.91 Å². The van der Waals surface area contributed by atoms with Gasteiger partial charge in [0, 0.05) is 36.6 Å². The van der Waals surface area contributed by atoms with Gasteiger partial charge in [0.2, 0.25) is 0 Å². The Labute approximate surface area is 140 Å². The molecule has 0 bridgehead atoms. The predicted octanol–water partition coefficient (Wildman–Crippen LogP) is 3.33. The van der Waals surface area contributed by atoms with E-state index in [1.54, 1.807) is 10.7 Å².